The Hall–Kier alpha value is -1.71. The number of amides is 1. The van der Waals surface area contributed by atoms with E-state index < -0.39 is 5.66 Å². The van der Waals surface area contributed by atoms with Crippen LogP contribution in [0.3, 0.4) is 0 Å². The molecule has 3 aliphatic rings. The summed E-state index contributed by atoms with van der Waals surface area (Å²) in [6.45, 7) is 3.88. The fraction of sp³-hybridized carbons (Fsp3) is 0.556. The summed E-state index contributed by atoms with van der Waals surface area (Å²) in [4.78, 5) is 31.0. The summed E-state index contributed by atoms with van der Waals surface area (Å²) in [7, 11) is 1.49. The van der Waals surface area contributed by atoms with Crippen molar-refractivity contribution in [1.29, 1.82) is 0 Å². The lowest BCUT2D eigenvalue weighted by molar-refractivity contribution is -0.149. The molecule has 9 heteroatoms. The summed E-state index contributed by atoms with van der Waals surface area (Å²) >= 11 is 6.27. The molecule has 1 aromatic carbocycles. The topological polar surface area (TPSA) is 80.3 Å². The van der Waals surface area contributed by atoms with Gasteiger partial charge in [0.05, 0.1) is 44.2 Å². The monoisotopic (exact) mass is 395 g/mol. The molecule has 0 unspecified atom stereocenters. The average molecular weight is 396 g/mol. The minimum atomic E-state index is -1.42. The maximum Gasteiger partial charge on any atom is 0.268 e. The standard InChI is InChI=1S/C18H22ClN3O5/c1-25-15-11-14-12(10-13(15)19)16(23)18(17(24)20-14,21-2-6-26-7-3-21)22-4-8-27-9-5-22/h10-11H,2-9H2,1H3,(H,20,24). The third kappa shape index (κ3) is 2.92. The first kappa shape index (κ1) is 18.6. The zero-order valence-electron chi connectivity index (χ0n) is 15.1. The van der Waals surface area contributed by atoms with Gasteiger partial charge in [0.15, 0.2) is 0 Å². The molecule has 3 heterocycles. The van der Waals surface area contributed by atoms with Crippen molar-refractivity contribution in [2.24, 2.45) is 0 Å². The van der Waals surface area contributed by atoms with Crippen LogP contribution in [0.25, 0.3) is 0 Å². The van der Waals surface area contributed by atoms with Crippen molar-refractivity contribution < 1.29 is 23.8 Å². The Kier molecular flexibility index (Phi) is 5.09. The summed E-state index contributed by atoms with van der Waals surface area (Å²) in [6.07, 6.45) is 0. The summed E-state index contributed by atoms with van der Waals surface area (Å²) in [5, 5.41) is 3.25. The van der Waals surface area contributed by atoms with Gasteiger partial charge < -0.3 is 19.5 Å². The van der Waals surface area contributed by atoms with Crippen LogP contribution in [0.1, 0.15) is 10.4 Å². The van der Waals surface area contributed by atoms with Gasteiger partial charge in [0, 0.05) is 37.8 Å². The van der Waals surface area contributed by atoms with Crippen LogP contribution >= 0.6 is 11.6 Å². The molecule has 1 aromatic rings. The molecule has 1 amide bonds. The predicted octanol–water partition coefficient (Wildman–Crippen LogP) is 0.844. The zero-order chi connectivity index (χ0) is 19.0. The van der Waals surface area contributed by atoms with Gasteiger partial charge in [0.2, 0.25) is 11.4 Å². The second-order valence-electron chi connectivity index (χ2n) is 6.69. The fourth-order valence-electron chi connectivity index (χ4n) is 4.05. The van der Waals surface area contributed by atoms with E-state index in [-0.39, 0.29) is 11.7 Å². The first-order valence-electron chi connectivity index (χ1n) is 8.98. The van der Waals surface area contributed by atoms with Crippen LogP contribution in [0.4, 0.5) is 5.69 Å². The highest BCUT2D eigenvalue weighted by Crippen LogP contribution is 2.40. The molecule has 2 fully saturated rings. The largest absolute Gasteiger partial charge is 0.495 e. The number of ketones is 1. The molecule has 0 saturated carbocycles. The van der Waals surface area contributed by atoms with Crippen molar-refractivity contribution in [2.45, 2.75) is 5.66 Å². The molecule has 0 spiro atoms. The summed E-state index contributed by atoms with van der Waals surface area (Å²) in [5.41, 5.74) is -0.611. The Morgan fingerprint density at radius 2 is 1.59 bits per heavy atom. The lowest BCUT2D eigenvalue weighted by atomic mass is 9.87. The maximum absolute atomic E-state index is 13.8. The molecule has 2 saturated heterocycles. The number of halogens is 1. The molecule has 27 heavy (non-hydrogen) atoms. The number of nitrogens with one attached hydrogen (secondary N) is 1. The lowest BCUT2D eigenvalue weighted by Gasteiger charge is -2.51. The van der Waals surface area contributed by atoms with E-state index in [9.17, 15) is 9.59 Å². The van der Waals surface area contributed by atoms with E-state index in [1.165, 1.54) is 7.11 Å². The summed E-state index contributed by atoms with van der Waals surface area (Å²) in [5.74, 6) is -0.212. The van der Waals surface area contributed by atoms with Crippen molar-refractivity contribution in [3.05, 3.63) is 22.7 Å². The zero-order valence-corrected chi connectivity index (χ0v) is 15.9. The van der Waals surface area contributed by atoms with Crippen LogP contribution in [0.15, 0.2) is 12.1 Å². The number of rotatable bonds is 3. The highest BCUT2D eigenvalue weighted by molar-refractivity contribution is 6.34. The molecule has 146 valence electrons. The number of ether oxygens (including phenoxy) is 3. The third-order valence-electron chi connectivity index (χ3n) is 5.36. The van der Waals surface area contributed by atoms with Gasteiger partial charge in [-0.15, -0.1) is 0 Å². The number of hydrogen-bond donors (Lipinski definition) is 1. The van der Waals surface area contributed by atoms with Crippen molar-refractivity contribution in [2.75, 3.05) is 65.0 Å². The number of morpholine rings is 2. The molecule has 4 rings (SSSR count). The molecule has 3 aliphatic heterocycles. The number of carbonyl (C=O) groups excluding carboxylic acids is 2. The van der Waals surface area contributed by atoms with Gasteiger partial charge in [-0.3, -0.25) is 19.4 Å². The molecular weight excluding hydrogens is 374 g/mol. The van der Waals surface area contributed by atoms with E-state index in [1.54, 1.807) is 12.1 Å². The number of methoxy groups -OCH3 is 1. The van der Waals surface area contributed by atoms with Crippen molar-refractivity contribution in [3.8, 4) is 5.75 Å². The van der Waals surface area contributed by atoms with Crippen LogP contribution in [0, 0.1) is 0 Å². The van der Waals surface area contributed by atoms with Crippen molar-refractivity contribution in [3.63, 3.8) is 0 Å². The van der Waals surface area contributed by atoms with E-state index in [0.29, 0.717) is 74.6 Å². The number of benzene rings is 1. The molecular formula is C18H22ClN3O5. The van der Waals surface area contributed by atoms with Crippen LogP contribution in [-0.2, 0) is 14.3 Å². The van der Waals surface area contributed by atoms with E-state index >= 15 is 0 Å². The highest BCUT2D eigenvalue weighted by atomic mass is 35.5. The number of nitrogens with zero attached hydrogens (tertiary/aromatic N) is 2. The van der Waals surface area contributed by atoms with Crippen LogP contribution < -0.4 is 10.1 Å². The van der Waals surface area contributed by atoms with E-state index in [1.807, 2.05) is 9.80 Å². The minimum absolute atomic E-state index is 0.269. The Morgan fingerprint density at radius 1 is 1.04 bits per heavy atom. The highest BCUT2D eigenvalue weighted by Gasteiger charge is 2.58. The average Bonchev–Trinajstić information content (AvgIpc) is 2.70. The Labute approximate surface area is 162 Å². The fourth-order valence-corrected chi connectivity index (χ4v) is 4.29. The summed E-state index contributed by atoms with van der Waals surface area (Å²) < 4.78 is 16.1. The van der Waals surface area contributed by atoms with Gasteiger partial charge >= 0.3 is 0 Å². The van der Waals surface area contributed by atoms with E-state index in [4.69, 9.17) is 25.8 Å². The molecule has 0 aliphatic carbocycles. The van der Waals surface area contributed by atoms with Gasteiger partial charge in [0.25, 0.3) is 5.91 Å². The number of Topliss-reactive ketones (excluding diaryl/α,β-unsaturated/α-hetero) is 1. The number of fused-ring (bicyclic) bond motifs is 1. The molecule has 0 aromatic heterocycles. The van der Waals surface area contributed by atoms with Crippen LogP contribution in [-0.4, -0.2) is 86.9 Å². The molecule has 1 N–H and O–H groups in total. The maximum atomic E-state index is 13.8. The quantitative estimate of drug-likeness (QED) is 0.760. The summed E-state index contributed by atoms with van der Waals surface area (Å²) in [6, 6.07) is 3.17. The Morgan fingerprint density at radius 3 is 2.11 bits per heavy atom. The molecule has 8 nitrogen and oxygen atoms in total. The third-order valence-corrected chi connectivity index (χ3v) is 5.65. The Balaban J connectivity index is 1.83. The van der Waals surface area contributed by atoms with E-state index in [2.05, 4.69) is 5.32 Å². The first-order valence-corrected chi connectivity index (χ1v) is 9.36. The first-order chi connectivity index (χ1) is 13.1. The number of anilines is 1. The molecule has 0 bridgehead atoms. The number of hydrogen-bond acceptors (Lipinski definition) is 7. The van der Waals surface area contributed by atoms with Gasteiger partial charge in [-0.05, 0) is 6.07 Å². The minimum Gasteiger partial charge on any atom is -0.495 e. The SMILES string of the molecule is COc1cc2c(cc1Cl)C(=O)C(N1CCOCC1)(N1CCOCC1)C(=O)N2. The molecule has 0 radical (unpaired) electrons. The van der Waals surface area contributed by atoms with Crippen molar-refractivity contribution in [1.82, 2.24) is 9.80 Å². The smallest absolute Gasteiger partial charge is 0.268 e. The second-order valence-corrected chi connectivity index (χ2v) is 7.09. The molecule has 0 atom stereocenters. The van der Waals surface area contributed by atoms with Gasteiger partial charge in [-0.2, -0.15) is 0 Å². The lowest BCUT2D eigenvalue weighted by Crippen LogP contribution is -2.75. The van der Waals surface area contributed by atoms with Gasteiger partial charge in [0.1, 0.15) is 5.75 Å². The van der Waals surface area contributed by atoms with E-state index in [0.717, 1.165) is 0 Å². The Bertz CT molecular complexity index is 742. The second kappa shape index (κ2) is 7.37. The van der Waals surface area contributed by atoms with Crippen LogP contribution in [0.2, 0.25) is 5.02 Å². The normalized spacial score (nSPS) is 23.6. The van der Waals surface area contributed by atoms with Crippen LogP contribution in [0.5, 0.6) is 5.75 Å². The van der Waals surface area contributed by atoms with Crippen molar-refractivity contribution >= 4 is 29.0 Å². The predicted molar refractivity (Wildman–Crippen MR) is 98.5 cm³/mol. The number of carbonyl (C=O) groups is 2. The van der Waals surface area contributed by atoms with Gasteiger partial charge in [-0.25, -0.2) is 0 Å². The van der Waals surface area contributed by atoms with Gasteiger partial charge in [-0.1, -0.05) is 11.6 Å².